The summed E-state index contributed by atoms with van der Waals surface area (Å²) in [6.07, 6.45) is 7.53. The maximum Gasteiger partial charge on any atom is 0.410 e. The van der Waals surface area contributed by atoms with Gasteiger partial charge in [-0.2, -0.15) is 0 Å². The monoisotopic (exact) mass is 426 g/mol. The Morgan fingerprint density at radius 1 is 1.10 bits per heavy atom. The van der Waals surface area contributed by atoms with Crippen LogP contribution in [0.1, 0.15) is 49.5 Å². The molecule has 1 heterocycles. The van der Waals surface area contributed by atoms with E-state index >= 15 is 0 Å². The molecular formula is C24H30N2O5. The fraction of sp³-hybridized carbons (Fsp3) is 0.458. The number of carbonyl (C=O) groups excluding carboxylic acids is 3. The molecule has 0 bridgehead atoms. The molecule has 31 heavy (non-hydrogen) atoms. The molecule has 0 N–H and O–H groups in total. The summed E-state index contributed by atoms with van der Waals surface area (Å²) in [6, 6.07) is 7.05. The third kappa shape index (κ3) is 5.75. The van der Waals surface area contributed by atoms with E-state index in [0.29, 0.717) is 25.2 Å². The molecule has 0 spiro atoms. The number of hydrogen-bond acceptors (Lipinski definition) is 5. The number of benzene rings is 1. The van der Waals surface area contributed by atoms with Crippen molar-refractivity contribution in [1.29, 1.82) is 0 Å². The van der Waals surface area contributed by atoms with Crippen LogP contribution < -0.4 is 0 Å². The van der Waals surface area contributed by atoms with Gasteiger partial charge in [-0.3, -0.25) is 4.79 Å². The SMILES string of the molecule is COC(=O)c1ccc(CN(C(=O)C2CN(C(=O)OC(C)(C)C)C2)C2=CCCC=C2)cc1. The van der Waals surface area contributed by atoms with Gasteiger partial charge in [0.2, 0.25) is 5.91 Å². The zero-order chi connectivity index (χ0) is 22.6. The Morgan fingerprint density at radius 2 is 1.77 bits per heavy atom. The number of rotatable bonds is 5. The van der Waals surface area contributed by atoms with Gasteiger partial charge in [-0.25, -0.2) is 9.59 Å². The number of methoxy groups -OCH3 is 1. The van der Waals surface area contributed by atoms with Crippen LogP contribution in [0.4, 0.5) is 4.79 Å². The molecule has 1 aliphatic heterocycles. The molecule has 1 aliphatic carbocycles. The highest BCUT2D eigenvalue weighted by Gasteiger charge is 2.40. The first kappa shape index (κ1) is 22.6. The lowest BCUT2D eigenvalue weighted by Gasteiger charge is -2.41. The first-order chi connectivity index (χ1) is 14.7. The highest BCUT2D eigenvalue weighted by atomic mass is 16.6. The zero-order valence-electron chi connectivity index (χ0n) is 18.6. The van der Waals surface area contributed by atoms with Gasteiger partial charge in [-0.15, -0.1) is 0 Å². The Morgan fingerprint density at radius 3 is 2.32 bits per heavy atom. The van der Waals surface area contributed by atoms with E-state index < -0.39 is 17.7 Å². The highest BCUT2D eigenvalue weighted by Crippen LogP contribution is 2.26. The van der Waals surface area contributed by atoms with Crippen LogP contribution in [-0.2, 0) is 20.8 Å². The lowest BCUT2D eigenvalue weighted by atomic mass is 9.97. The number of ether oxygens (including phenoxy) is 2. The number of hydrogen-bond donors (Lipinski definition) is 0. The smallest absolute Gasteiger partial charge is 0.410 e. The largest absolute Gasteiger partial charge is 0.465 e. The predicted octanol–water partition coefficient (Wildman–Crippen LogP) is 3.90. The van der Waals surface area contributed by atoms with Crippen LogP contribution in [0.15, 0.2) is 48.2 Å². The second kappa shape index (κ2) is 9.37. The maximum atomic E-state index is 13.3. The summed E-state index contributed by atoms with van der Waals surface area (Å²) < 4.78 is 10.1. The van der Waals surface area contributed by atoms with Crippen LogP contribution in [0, 0.1) is 5.92 Å². The second-order valence-corrected chi connectivity index (χ2v) is 8.80. The minimum absolute atomic E-state index is 0.0188. The van der Waals surface area contributed by atoms with E-state index in [9.17, 15) is 14.4 Å². The molecule has 3 rings (SSSR count). The lowest BCUT2D eigenvalue weighted by molar-refractivity contribution is -0.138. The predicted molar refractivity (Wildman–Crippen MR) is 116 cm³/mol. The van der Waals surface area contributed by atoms with Gasteiger partial charge in [0.05, 0.1) is 25.1 Å². The number of likely N-dealkylation sites (tertiary alicyclic amines) is 1. The van der Waals surface area contributed by atoms with E-state index in [4.69, 9.17) is 9.47 Å². The normalized spacial score (nSPS) is 16.3. The van der Waals surface area contributed by atoms with Crippen molar-refractivity contribution in [2.24, 2.45) is 5.92 Å². The number of carbonyl (C=O) groups is 3. The van der Waals surface area contributed by atoms with Crippen molar-refractivity contribution in [3.8, 4) is 0 Å². The molecule has 1 aromatic rings. The summed E-state index contributed by atoms with van der Waals surface area (Å²) in [6.45, 7) is 6.55. The average Bonchev–Trinajstić information content (AvgIpc) is 2.70. The van der Waals surface area contributed by atoms with E-state index in [2.05, 4.69) is 12.2 Å². The zero-order valence-corrected chi connectivity index (χ0v) is 18.6. The number of nitrogens with zero attached hydrogens (tertiary/aromatic N) is 2. The molecule has 7 nitrogen and oxygen atoms in total. The van der Waals surface area contributed by atoms with Crippen LogP contribution in [0.2, 0.25) is 0 Å². The van der Waals surface area contributed by atoms with Crippen molar-refractivity contribution in [3.05, 3.63) is 59.3 Å². The average molecular weight is 427 g/mol. The summed E-state index contributed by atoms with van der Waals surface area (Å²) in [5, 5.41) is 0. The molecule has 2 amide bonds. The molecule has 0 unspecified atom stereocenters. The summed E-state index contributed by atoms with van der Waals surface area (Å²) in [4.78, 5) is 40.5. The van der Waals surface area contributed by atoms with Crippen LogP contribution in [0.5, 0.6) is 0 Å². The molecule has 1 fully saturated rings. The lowest BCUT2D eigenvalue weighted by Crippen LogP contribution is -2.57. The fourth-order valence-electron chi connectivity index (χ4n) is 3.47. The minimum atomic E-state index is -0.563. The summed E-state index contributed by atoms with van der Waals surface area (Å²) in [7, 11) is 1.34. The molecular weight excluding hydrogens is 396 g/mol. The Labute approximate surface area is 183 Å². The van der Waals surface area contributed by atoms with Crippen LogP contribution >= 0.6 is 0 Å². The molecule has 166 valence electrons. The van der Waals surface area contributed by atoms with Crippen molar-refractivity contribution in [3.63, 3.8) is 0 Å². The first-order valence-electron chi connectivity index (χ1n) is 10.5. The fourth-order valence-corrected chi connectivity index (χ4v) is 3.47. The first-order valence-corrected chi connectivity index (χ1v) is 10.5. The van der Waals surface area contributed by atoms with Crippen molar-refractivity contribution >= 4 is 18.0 Å². The molecule has 1 aromatic carbocycles. The maximum absolute atomic E-state index is 13.3. The highest BCUT2D eigenvalue weighted by molar-refractivity contribution is 5.89. The topological polar surface area (TPSA) is 76.2 Å². The summed E-state index contributed by atoms with van der Waals surface area (Å²) >= 11 is 0. The van der Waals surface area contributed by atoms with Gasteiger partial charge in [0.1, 0.15) is 5.60 Å². The van der Waals surface area contributed by atoms with Crippen molar-refractivity contribution in [2.45, 2.75) is 45.8 Å². The Kier molecular flexibility index (Phi) is 6.83. The third-order valence-corrected chi connectivity index (χ3v) is 5.15. The molecule has 0 atom stereocenters. The molecule has 7 heteroatoms. The number of esters is 1. The molecule has 0 saturated carbocycles. The second-order valence-electron chi connectivity index (χ2n) is 8.80. The van der Waals surface area contributed by atoms with Gasteiger partial charge in [0, 0.05) is 18.8 Å². The van der Waals surface area contributed by atoms with Gasteiger partial charge >= 0.3 is 12.1 Å². The van der Waals surface area contributed by atoms with Crippen molar-refractivity contribution < 1.29 is 23.9 Å². The van der Waals surface area contributed by atoms with Crippen LogP contribution in [-0.4, -0.2) is 53.6 Å². The van der Waals surface area contributed by atoms with Crippen LogP contribution in [0.25, 0.3) is 0 Å². The Balaban J connectivity index is 1.69. The van der Waals surface area contributed by atoms with Gasteiger partial charge in [0.15, 0.2) is 0 Å². The molecule has 0 radical (unpaired) electrons. The third-order valence-electron chi connectivity index (χ3n) is 5.15. The molecule has 0 aromatic heterocycles. The Hall–Kier alpha value is -3.09. The van der Waals surface area contributed by atoms with E-state index in [-0.39, 0.29) is 11.8 Å². The Bertz CT molecular complexity index is 890. The number of allylic oxidation sites excluding steroid dienone is 3. The van der Waals surface area contributed by atoms with Gasteiger partial charge in [-0.05, 0) is 57.4 Å². The van der Waals surface area contributed by atoms with E-state index in [0.717, 1.165) is 24.1 Å². The summed E-state index contributed by atoms with van der Waals surface area (Å²) in [5.74, 6) is -0.679. The van der Waals surface area contributed by atoms with Crippen molar-refractivity contribution in [1.82, 2.24) is 9.80 Å². The number of amides is 2. The van der Waals surface area contributed by atoms with Gasteiger partial charge in [0.25, 0.3) is 0 Å². The molecule has 2 aliphatic rings. The van der Waals surface area contributed by atoms with Crippen molar-refractivity contribution in [2.75, 3.05) is 20.2 Å². The van der Waals surface area contributed by atoms with E-state index in [1.165, 1.54) is 7.11 Å². The van der Waals surface area contributed by atoms with E-state index in [1.54, 1.807) is 21.9 Å². The standard InChI is InChI=1S/C24H30N2O5/c1-24(2,3)31-23(29)25-15-19(16-25)21(27)26(20-8-6-5-7-9-20)14-17-10-12-18(13-11-17)22(28)30-4/h6,8-13,19H,5,7,14-16H2,1-4H3. The summed E-state index contributed by atoms with van der Waals surface area (Å²) in [5.41, 5.74) is 1.67. The van der Waals surface area contributed by atoms with Gasteiger partial charge in [-0.1, -0.05) is 24.3 Å². The van der Waals surface area contributed by atoms with Crippen LogP contribution in [0.3, 0.4) is 0 Å². The van der Waals surface area contributed by atoms with Gasteiger partial charge < -0.3 is 19.3 Å². The van der Waals surface area contributed by atoms with E-state index in [1.807, 2.05) is 39.0 Å². The molecule has 1 saturated heterocycles. The minimum Gasteiger partial charge on any atom is -0.465 e. The quantitative estimate of drug-likeness (QED) is 0.668.